The van der Waals surface area contributed by atoms with Crippen molar-refractivity contribution in [1.82, 2.24) is 0 Å². The molecule has 2 rings (SSSR count). The maximum atomic E-state index is 14.0. The maximum absolute atomic E-state index is 14.0. The molecule has 0 aliphatic heterocycles. The van der Waals surface area contributed by atoms with Crippen molar-refractivity contribution >= 4 is 12.7 Å². The molecule has 1 nitrogen and oxygen atoms in total. The van der Waals surface area contributed by atoms with E-state index >= 15 is 0 Å². The van der Waals surface area contributed by atoms with Crippen molar-refractivity contribution in [3.63, 3.8) is 0 Å². The Bertz CT molecular complexity index is 712. The minimum Gasteiger partial charge on any atom is -0.494 e. The Morgan fingerprint density at radius 1 is 1.09 bits per heavy atom. The lowest BCUT2D eigenvalue weighted by Gasteiger charge is -2.25. The summed E-state index contributed by atoms with van der Waals surface area (Å²) in [7, 11) is 1.25. The quantitative estimate of drug-likeness (QED) is 0.461. The van der Waals surface area contributed by atoms with Crippen molar-refractivity contribution < 1.29 is 35.5 Å². The van der Waals surface area contributed by atoms with Crippen molar-refractivity contribution in [2.45, 2.75) is 18.4 Å². The number of rotatable bonds is 3. The van der Waals surface area contributed by atoms with Gasteiger partial charge in [-0.05, 0) is 18.5 Å². The summed E-state index contributed by atoms with van der Waals surface area (Å²) in [5.41, 5.74) is -4.17. The lowest BCUT2D eigenvalue weighted by Crippen LogP contribution is -2.32. The van der Waals surface area contributed by atoms with Crippen LogP contribution in [0.4, 0.5) is 30.7 Å². The van der Waals surface area contributed by atoms with E-state index in [0.29, 0.717) is 13.0 Å². The van der Waals surface area contributed by atoms with Gasteiger partial charge in [0.2, 0.25) is 0 Å². The number of benzene rings is 1. The van der Waals surface area contributed by atoms with Crippen LogP contribution in [-0.2, 0) is 0 Å². The summed E-state index contributed by atoms with van der Waals surface area (Å²) < 4.78 is 100. The van der Waals surface area contributed by atoms with Gasteiger partial charge < -0.3 is 4.74 Å². The van der Waals surface area contributed by atoms with Gasteiger partial charge in [0, 0.05) is 11.9 Å². The van der Waals surface area contributed by atoms with Gasteiger partial charge in [-0.15, -0.1) is 0 Å². The smallest absolute Gasteiger partial charge is 0.182 e. The predicted octanol–water partition coefficient (Wildman–Crippen LogP) is 3.98. The molecule has 2 unspecified atom stereocenters. The molecular weight excluding hydrogens is 328 g/mol. The molecule has 1 aliphatic rings. The number of halogens is 7. The standard InChI is InChI=1S/C14H9BF7O/c1-14(22)4-6(17)8(12(20)13(14)21)15-9-10(18)5(16)3-7(23-2)11(9)19/h3-4,8H,1-2H3. The molecule has 0 saturated carbocycles. The van der Waals surface area contributed by atoms with E-state index in [2.05, 4.69) is 4.74 Å². The zero-order valence-corrected chi connectivity index (χ0v) is 11.9. The average molecular weight is 337 g/mol. The van der Waals surface area contributed by atoms with E-state index in [1.165, 1.54) is 0 Å². The lowest BCUT2D eigenvalue weighted by atomic mass is 9.56. The summed E-state index contributed by atoms with van der Waals surface area (Å²) in [6.45, 7) is 0.574. The summed E-state index contributed by atoms with van der Waals surface area (Å²) in [6, 6.07) is 0.403. The van der Waals surface area contributed by atoms with E-state index in [1.54, 1.807) is 0 Å². The molecule has 0 aromatic heterocycles. The van der Waals surface area contributed by atoms with Crippen molar-refractivity contribution in [2.24, 2.45) is 0 Å². The number of methoxy groups -OCH3 is 1. The number of alkyl halides is 1. The molecule has 1 aromatic carbocycles. The van der Waals surface area contributed by atoms with Crippen molar-refractivity contribution in [3.05, 3.63) is 47.1 Å². The molecule has 0 saturated heterocycles. The largest absolute Gasteiger partial charge is 0.494 e. The van der Waals surface area contributed by atoms with E-state index in [9.17, 15) is 30.7 Å². The van der Waals surface area contributed by atoms with Crippen LogP contribution in [0.3, 0.4) is 0 Å². The summed E-state index contributed by atoms with van der Waals surface area (Å²) in [4.78, 5) is 0. The molecule has 0 N–H and O–H groups in total. The first-order valence-corrected chi connectivity index (χ1v) is 6.29. The Hall–Kier alpha value is -1.93. The van der Waals surface area contributed by atoms with Crippen LogP contribution >= 0.6 is 0 Å². The van der Waals surface area contributed by atoms with Gasteiger partial charge in [-0.1, -0.05) is 0 Å². The van der Waals surface area contributed by atoms with Crippen molar-refractivity contribution in [1.29, 1.82) is 0 Å². The second-order valence-corrected chi connectivity index (χ2v) is 5.01. The number of hydrogen-bond donors (Lipinski definition) is 0. The molecule has 0 heterocycles. The van der Waals surface area contributed by atoms with E-state index in [0.717, 1.165) is 7.11 Å². The first-order valence-electron chi connectivity index (χ1n) is 6.29. The van der Waals surface area contributed by atoms with Gasteiger partial charge in [0.15, 0.2) is 42.0 Å². The topological polar surface area (TPSA) is 9.23 Å². The zero-order chi connectivity index (χ0) is 17.5. The van der Waals surface area contributed by atoms with Gasteiger partial charge >= 0.3 is 0 Å². The highest BCUT2D eigenvalue weighted by Gasteiger charge is 2.41. The molecular formula is C14H9BF7O. The van der Waals surface area contributed by atoms with E-state index in [-0.39, 0.29) is 13.4 Å². The summed E-state index contributed by atoms with van der Waals surface area (Å²) in [6.07, 6.45) is 0.138. The third kappa shape index (κ3) is 2.96. The fourth-order valence-corrected chi connectivity index (χ4v) is 2.12. The fourth-order valence-electron chi connectivity index (χ4n) is 2.12. The van der Waals surface area contributed by atoms with Gasteiger partial charge in [0.05, 0.1) is 7.11 Å². The molecule has 0 fully saturated rings. The fraction of sp³-hybridized carbons (Fsp3) is 0.286. The first kappa shape index (κ1) is 17.4. The van der Waals surface area contributed by atoms with Crippen molar-refractivity contribution in [2.75, 3.05) is 7.11 Å². The molecule has 123 valence electrons. The molecule has 0 spiro atoms. The number of hydrogen-bond acceptors (Lipinski definition) is 1. The van der Waals surface area contributed by atoms with Crippen LogP contribution in [0.2, 0.25) is 5.82 Å². The highest BCUT2D eigenvalue weighted by Crippen LogP contribution is 2.43. The third-order valence-corrected chi connectivity index (χ3v) is 3.33. The molecule has 1 aromatic rings. The van der Waals surface area contributed by atoms with Crippen LogP contribution in [0.1, 0.15) is 6.92 Å². The Balaban J connectivity index is 2.50. The van der Waals surface area contributed by atoms with Crippen LogP contribution in [0.5, 0.6) is 5.75 Å². The van der Waals surface area contributed by atoms with Crippen LogP contribution in [0, 0.1) is 17.5 Å². The molecule has 9 heteroatoms. The van der Waals surface area contributed by atoms with E-state index in [1.807, 2.05) is 0 Å². The highest BCUT2D eigenvalue weighted by molar-refractivity contribution is 6.56. The molecule has 0 bridgehead atoms. The minimum atomic E-state index is -3.02. The van der Waals surface area contributed by atoms with E-state index in [4.69, 9.17) is 0 Å². The predicted molar refractivity (Wildman–Crippen MR) is 70.0 cm³/mol. The van der Waals surface area contributed by atoms with E-state index < -0.39 is 57.6 Å². The van der Waals surface area contributed by atoms with Gasteiger partial charge in [0.1, 0.15) is 11.7 Å². The maximum Gasteiger partial charge on any atom is 0.182 e. The molecule has 23 heavy (non-hydrogen) atoms. The van der Waals surface area contributed by atoms with Crippen LogP contribution in [0.15, 0.2) is 29.6 Å². The van der Waals surface area contributed by atoms with Gasteiger partial charge in [-0.3, -0.25) is 0 Å². The molecule has 2 atom stereocenters. The second kappa shape index (κ2) is 5.94. The molecule has 0 amide bonds. The highest BCUT2D eigenvalue weighted by atomic mass is 19.2. The van der Waals surface area contributed by atoms with Gasteiger partial charge in [-0.2, -0.15) is 0 Å². The average Bonchev–Trinajstić information content (AvgIpc) is 2.47. The van der Waals surface area contributed by atoms with Crippen LogP contribution < -0.4 is 10.2 Å². The summed E-state index contributed by atoms with van der Waals surface area (Å²) in [5.74, 6) is -12.9. The Morgan fingerprint density at radius 3 is 2.26 bits per heavy atom. The Labute approximate surface area is 127 Å². The molecule has 1 aliphatic carbocycles. The van der Waals surface area contributed by atoms with Gasteiger partial charge in [-0.25, -0.2) is 30.7 Å². The normalized spacial score (nSPS) is 24.6. The minimum absolute atomic E-state index is 0.138. The zero-order valence-electron chi connectivity index (χ0n) is 11.9. The summed E-state index contributed by atoms with van der Waals surface area (Å²) in [5, 5.41) is 0. The second-order valence-electron chi connectivity index (χ2n) is 5.01. The lowest BCUT2D eigenvalue weighted by molar-refractivity contribution is 0.233. The van der Waals surface area contributed by atoms with Crippen LogP contribution in [0.25, 0.3) is 0 Å². The number of allylic oxidation sites excluding steroid dienone is 4. The Morgan fingerprint density at radius 2 is 1.70 bits per heavy atom. The SMILES string of the molecule is COc1cc(F)c(F)c([B]C2C(F)=CC(C)(F)C(F)=C2F)c1F. The van der Waals surface area contributed by atoms with Crippen molar-refractivity contribution in [3.8, 4) is 5.75 Å². The molecule has 1 radical (unpaired) electrons. The third-order valence-electron chi connectivity index (χ3n) is 3.33. The monoisotopic (exact) mass is 337 g/mol. The van der Waals surface area contributed by atoms with Crippen LogP contribution in [-0.4, -0.2) is 20.1 Å². The summed E-state index contributed by atoms with van der Waals surface area (Å²) >= 11 is 0. The van der Waals surface area contributed by atoms with Gasteiger partial charge in [0.25, 0.3) is 0 Å². The number of ether oxygens (including phenoxy) is 1. The Kier molecular flexibility index (Phi) is 4.50. The first-order chi connectivity index (χ1) is 10.6.